The van der Waals surface area contributed by atoms with Crippen LogP contribution in [0.2, 0.25) is 0 Å². The number of methoxy groups -OCH3 is 1. The van der Waals surface area contributed by atoms with Crippen molar-refractivity contribution in [2.45, 2.75) is 19.3 Å². The molecule has 1 saturated heterocycles. The maximum atomic E-state index is 12.7. The summed E-state index contributed by atoms with van der Waals surface area (Å²) in [7, 11) is 1.62. The molecule has 138 valence electrons. The molecule has 7 nitrogen and oxygen atoms in total. The van der Waals surface area contributed by atoms with Crippen LogP contribution in [0.15, 0.2) is 18.3 Å². The summed E-state index contributed by atoms with van der Waals surface area (Å²) in [6, 6.07) is 3.45. The quantitative estimate of drug-likeness (QED) is 0.799. The van der Waals surface area contributed by atoms with Crippen molar-refractivity contribution < 1.29 is 19.0 Å². The standard InChI is InChI=1S/C18H27N3O4/c1-23-10-11-25-17-16(6-3-7-19-17)20-18(22)21-8-9-24-13-15(12-21)14-4-2-5-14/h3,6-7,14-15H,2,4-5,8-13H2,1H3,(H,20,22). The maximum absolute atomic E-state index is 12.7. The number of hydrogen-bond acceptors (Lipinski definition) is 5. The minimum absolute atomic E-state index is 0.126. The van der Waals surface area contributed by atoms with E-state index in [0.717, 1.165) is 13.2 Å². The van der Waals surface area contributed by atoms with Gasteiger partial charge < -0.3 is 24.4 Å². The Morgan fingerprint density at radius 3 is 3.04 bits per heavy atom. The lowest BCUT2D eigenvalue weighted by Gasteiger charge is -2.34. The fraction of sp³-hybridized carbons (Fsp3) is 0.667. The van der Waals surface area contributed by atoms with E-state index < -0.39 is 0 Å². The molecule has 1 aromatic heterocycles. The summed E-state index contributed by atoms with van der Waals surface area (Å²) in [6.45, 7) is 3.55. The molecule has 0 spiro atoms. The lowest BCUT2D eigenvalue weighted by molar-refractivity contribution is 0.0776. The van der Waals surface area contributed by atoms with Gasteiger partial charge in [0.25, 0.3) is 0 Å². The second-order valence-corrected chi connectivity index (χ2v) is 6.60. The van der Waals surface area contributed by atoms with E-state index in [1.54, 1.807) is 25.4 Å². The van der Waals surface area contributed by atoms with E-state index in [1.165, 1.54) is 19.3 Å². The predicted molar refractivity (Wildman–Crippen MR) is 93.8 cm³/mol. The van der Waals surface area contributed by atoms with Gasteiger partial charge in [-0.15, -0.1) is 0 Å². The highest BCUT2D eigenvalue weighted by Crippen LogP contribution is 2.35. The van der Waals surface area contributed by atoms with Crippen LogP contribution < -0.4 is 10.1 Å². The molecule has 2 fully saturated rings. The zero-order chi connectivity index (χ0) is 17.5. The van der Waals surface area contributed by atoms with Crippen LogP contribution in [0, 0.1) is 11.8 Å². The third kappa shape index (κ3) is 4.83. The lowest BCUT2D eigenvalue weighted by Crippen LogP contribution is -2.41. The van der Waals surface area contributed by atoms with E-state index >= 15 is 0 Å². The zero-order valence-electron chi connectivity index (χ0n) is 14.8. The van der Waals surface area contributed by atoms with Crippen molar-refractivity contribution in [3.8, 4) is 5.88 Å². The van der Waals surface area contributed by atoms with Gasteiger partial charge in [0.15, 0.2) is 0 Å². The van der Waals surface area contributed by atoms with Gasteiger partial charge in [0, 0.05) is 32.3 Å². The zero-order valence-corrected chi connectivity index (χ0v) is 14.8. The average Bonchev–Trinajstić information content (AvgIpc) is 2.81. The van der Waals surface area contributed by atoms with Crippen LogP contribution in [0.4, 0.5) is 10.5 Å². The molecule has 1 atom stereocenters. The van der Waals surface area contributed by atoms with Gasteiger partial charge in [-0.3, -0.25) is 0 Å². The van der Waals surface area contributed by atoms with Crippen LogP contribution in [0.3, 0.4) is 0 Å². The number of ether oxygens (including phenoxy) is 3. The molecule has 2 aliphatic rings. The monoisotopic (exact) mass is 349 g/mol. The minimum atomic E-state index is -0.126. The second-order valence-electron chi connectivity index (χ2n) is 6.60. The number of carbonyl (C=O) groups excluding carboxylic acids is 1. The van der Waals surface area contributed by atoms with Gasteiger partial charge in [-0.05, 0) is 18.1 Å². The average molecular weight is 349 g/mol. The highest BCUT2D eigenvalue weighted by Gasteiger charge is 2.32. The van der Waals surface area contributed by atoms with E-state index in [2.05, 4.69) is 10.3 Å². The Hall–Kier alpha value is -1.86. The topological polar surface area (TPSA) is 72.9 Å². The molecule has 7 heteroatoms. The van der Waals surface area contributed by atoms with Crippen LogP contribution in [0.5, 0.6) is 5.88 Å². The molecule has 2 heterocycles. The van der Waals surface area contributed by atoms with Crippen molar-refractivity contribution in [1.82, 2.24) is 9.88 Å². The normalized spacial score (nSPS) is 21.3. The van der Waals surface area contributed by atoms with Gasteiger partial charge >= 0.3 is 6.03 Å². The van der Waals surface area contributed by atoms with Crippen LogP contribution in [0.1, 0.15) is 19.3 Å². The molecular weight excluding hydrogens is 322 g/mol. The number of aromatic nitrogens is 1. The molecule has 1 N–H and O–H groups in total. The molecule has 2 amide bonds. The SMILES string of the molecule is COCCOc1ncccc1NC(=O)N1CCOCC(C2CCC2)C1. The largest absolute Gasteiger partial charge is 0.474 e. The van der Waals surface area contributed by atoms with Crippen LogP contribution in [-0.2, 0) is 9.47 Å². The van der Waals surface area contributed by atoms with Crippen molar-refractivity contribution in [2.75, 3.05) is 51.9 Å². The first-order valence-electron chi connectivity index (χ1n) is 8.98. The fourth-order valence-corrected chi connectivity index (χ4v) is 3.23. The smallest absolute Gasteiger partial charge is 0.322 e. The summed E-state index contributed by atoms with van der Waals surface area (Å²) in [5.74, 6) is 1.54. The van der Waals surface area contributed by atoms with Gasteiger partial charge in [-0.25, -0.2) is 9.78 Å². The summed E-state index contributed by atoms with van der Waals surface area (Å²) in [4.78, 5) is 18.8. The van der Waals surface area contributed by atoms with Gasteiger partial charge in [0.1, 0.15) is 12.3 Å². The summed E-state index contributed by atoms with van der Waals surface area (Å²) in [6.07, 6.45) is 5.45. The molecular formula is C18H27N3O4. The Balaban J connectivity index is 1.60. The number of anilines is 1. The van der Waals surface area contributed by atoms with E-state index in [1.807, 2.05) is 4.90 Å². The first-order chi connectivity index (χ1) is 12.3. The van der Waals surface area contributed by atoms with Crippen LogP contribution in [-0.4, -0.2) is 62.5 Å². The molecule has 0 radical (unpaired) electrons. The Labute approximate surface area is 148 Å². The van der Waals surface area contributed by atoms with E-state index in [-0.39, 0.29) is 6.03 Å². The number of nitrogens with zero attached hydrogens (tertiary/aromatic N) is 2. The molecule has 1 saturated carbocycles. The lowest BCUT2D eigenvalue weighted by atomic mass is 9.76. The third-order valence-corrected chi connectivity index (χ3v) is 4.94. The van der Waals surface area contributed by atoms with Crippen molar-refractivity contribution in [3.05, 3.63) is 18.3 Å². The second kappa shape index (κ2) is 9.01. The Morgan fingerprint density at radius 1 is 1.40 bits per heavy atom. The molecule has 1 unspecified atom stereocenters. The van der Waals surface area contributed by atoms with Crippen molar-refractivity contribution >= 4 is 11.7 Å². The number of urea groups is 1. The molecule has 3 rings (SSSR count). The molecule has 0 bridgehead atoms. The first kappa shape index (κ1) is 17.9. The number of pyridine rings is 1. The van der Waals surface area contributed by atoms with Crippen LogP contribution in [0.25, 0.3) is 0 Å². The van der Waals surface area contributed by atoms with Gasteiger partial charge in [-0.1, -0.05) is 19.3 Å². The molecule has 0 aromatic carbocycles. The predicted octanol–water partition coefficient (Wildman–Crippen LogP) is 2.39. The summed E-state index contributed by atoms with van der Waals surface area (Å²) in [5, 5.41) is 2.93. The van der Waals surface area contributed by atoms with Crippen molar-refractivity contribution in [1.29, 1.82) is 0 Å². The highest BCUT2D eigenvalue weighted by atomic mass is 16.5. The third-order valence-electron chi connectivity index (χ3n) is 4.94. The van der Waals surface area contributed by atoms with Crippen LogP contribution >= 0.6 is 0 Å². The van der Waals surface area contributed by atoms with Gasteiger partial charge in [0.05, 0.1) is 19.8 Å². The summed E-state index contributed by atoms with van der Waals surface area (Å²) >= 11 is 0. The number of amides is 2. The van der Waals surface area contributed by atoms with E-state index in [4.69, 9.17) is 14.2 Å². The highest BCUT2D eigenvalue weighted by molar-refractivity contribution is 5.90. The molecule has 1 aliphatic carbocycles. The summed E-state index contributed by atoms with van der Waals surface area (Å²) in [5.41, 5.74) is 0.578. The van der Waals surface area contributed by atoms with E-state index in [9.17, 15) is 4.79 Å². The first-order valence-corrected chi connectivity index (χ1v) is 8.98. The van der Waals surface area contributed by atoms with Crippen molar-refractivity contribution in [2.24, 2.45) is 11.8 Å². The Morgan fingerprint density at radius 2 is 2.28 bits per heavy atom. The summed E-state index contributed by atoms with van der Waals surface area (Å²) < 4.78 is 16.3. The number of nitrogens with one attached hydrogen (secondary N) is 1. The fourth-order valence-electron chi connectivity index (χ4n) is 3.23. The number of carbonyl (C=O) groups is 1. The van der Waals surface area contributed by atoms with Gasteiger partial charge in [-0.2, -0.15) is 0 Å². The maximum Gasteiger partial charge on any atom is 0.322 e. The molecule has 25 heavy (non-hydrogen) atoms. The Kier molecular flexibility index (Phi) is 6.47. The Bertz CT molecular complexity index is 565. The van der Waals surface area contributed by atoms with Crippen molar-refractivity contribution in [3.63, 3.8) is 0 Å². The van der Waals surface area contributed by atoms with Gasteiger partial charge in [0.2, 0.25) is 5.88 Å². The van der Waals surface area contributed by atoms with E-state index in [0.29, 0.717) is 49.8 Å². The number of hydrogen-bond donors (Lipinski definition) is 1. The molecule has 1 aromatic rings. The minimum Gasteiger partial charge on any atom is -0.474 e. The number of rotatable bonds is 6. The molecule has 1 aliphatic heterocycles.